The van der Waals surface area contributed by atoms with Crippen molar-refractivity contribution in [3.63, 3.8) is 0 Å². The first-order valence-electron chi connectivity index (χ1n) is 6.29. The number of thiophene rings is 1. The second-order valence-corrected chi connectivity index (χ2v) is 6.47. The van der Waals surface area contributed by atoms with Crippen molar-refractivity contribution in [3.05, 3.63) is 57.0 Å². The van der Waals surface area contributed by atoms with Crippen LogP contribution >= 0.6 is 22.7 Å². The van der Waals surface area contributed by atoms with Crippen molar-refractivity contribution in [2.75, 3.05) is 0 Å². The Labute approximate surface area is 132 Å². The second kappa shape index (κ2) is 5.94. The number of halogens is 2. The molecule has 3 rings (SSSR count). The van der Waals surface area contributed by atoms with Crippen molar-refractivity contribution in [1.29, 1.82) is 0 Å². The van der Waals surface area contributed by atoms with Crippen molar-refractivity contribution in [2.24, 2.45) is 12.0 Å². The Balaban J connectivity index is 2.01. The van der Waals surface area contributed by atoms with Gasteiger partial charge in [-0.25, -0.2) is 8.78 Å². The summed E-state index contributed by atoms with van der Waals surface area (Å²) in [5.41, 5.74) is 0.236. The van der Waals surface area contributed by atoms with Gasteiger partial charge >= 0.3 is 0 Å². The Morgan fingerprint density at radius 1 is 1.36 bits per heavy atom. The molecule has 0 aliphatic rings. The second-order valence-electron chi connectivity index (χ2n) is 4.48. The van der Waals surface area contributed by atoms with Gasteiger partial charge < -0.3 is 4.57 Å². The number of hydrogen-bond acceptors (Lipinski definition) is 3. The molecule has 0 bridgehead atoms. The quantitative estimate of drug-likeness (QED) is 0.657. The maximum Gasteiger partial charge on any atom is 0.272 e. The Morgan fingerprint density at radius 3 is 2.91 bits per heavy atom. The Bertz CT molecular complexity index is 937. The van der Waals surface area contributed by atoms with Gasteiger partial charge in [-0.2, -0.15) is 4.99 Å². The van der Waals surface area contributed by atoms with Crippen LogP contribution in [0.15, 0.2) is 40.7 Å². The number of carbonyl (C=O) groups excluding carboxylic acids is 1. The van der Waals surface area contributed by atoms with E-state index in [0.29, 0.717) is 9.50 Å². The molecule has 0 fully saturated rings. The lowest BCUT2D eigenvalue weighted by atomic mass is 10.3. The predicted octanol–water partition coefficient (Wildman–Crippen LogP) is 3.72. The van der Waals surface area contributed by atoms with Crippen LogP contribution in [0.4, 0.5) is 8.78 Å². The summed E-state index contributed by atoms with van der Waals surface area (Å²) in [6.45, 7) is 0. The van der Waals surface area contributed by atoms with Crippen molar-refractivity contribution < 1.29 is 13.6 Å². The van der Waals surface area contributed by atoms with Crippen LogP contribution in [0.5, 0.6) is 0 Å². The molecule has 0 aliphatic heterocycles. The first kappa shape index (κ1) is 14.8. The average Bonchev–Trinajstić information content (AvgIpc) is 3.05. The fourth-order valence-corrected chi connectivity index (χ4v) is 3.66. The summed E-state index contributed by atoms with van der Waals surface area (Å²) in [6, 6.07) is 5.81. The topological polar surface area (TPSA) is 34.4 Å². The number of fused-ring (bicyclic) bond motifs is 1. The molecule has 0 aliphatic carbocycles. The van der Waals surface area contributed by atoms with Gasteiger partial charge in [0.2, 0.25) is 0 Å². The number of rotatable bonds is 2. The van der Waals surface area contributed by atoms with Crippen molar-refractivity contribution in [3.8, 4) is 0 Å². The highest BCUT2D eigenvalue weighted by molar-refractivity contribution is 7.16. The van der Waals surface area contributed by atoms with Gasteiger partial charge in [0, 0.05) is 24.1 Å². The van der Waals surface area contributed by atoms with E-state index < -0.39 is 17.5 Å². The number of thiazole rings is 1. The lowest BCUT2D eigenvalue weighted by molar-refractivity contribution is -0.113. The normalized spacial score (nSPS) is 12.6. The van der Waals surface area contributed by atoms with E-state index in [9.17, 15) is 13.6 Å². The van der Waals surface area contributed by atoms with Gasteiger partial charge in [0.25, 0.3) is 5.91 Å². The van der Waals surface area contributed by atoms with E-state index in [1.807, 2.05) is 17.5 Å². The molecule has 0 radical (unpaired) electrons. The number of aryl methyl sites for hydroxylation is 1. The Morgan fingerprint density at radius 2 is 2.18 bits per heavy atom. The minimum absolute atomic E-state index is 0.236. The maximum absolute atomic E-state index is 13.8. The molecule has 1 amide bonds. The van der Waals surface area contributed by atoms with Crippen molar-refractivity contribution >= 4 is 44.9 Å². The third-order valence-corrected chi connectivity index (χ3v) is 4.87. The summed E-state index contributed by atoms with van der Waals surface area (Å²) in [7, 11) is 1.59. The smallest absolute Gasteiger partial charge is 0.272 e. The maximum atomic E-state index is 13.8. The number of carbonyl (C=O) groups is 1. The molecule has 2 aromatic heterocycles. The fourth-order valence-electron chi connectivity index (χ4n) is 1.98. The van der Waals surface area contributed by atoms with Crippen LogP contribution in [0.2, 0.25) is 0 Å². The lowest BCUT2D eigenvalue weighted by Gasteiger charge is -1.97. The fraction of sp³-hybridized carbons (Fsp3) is 0.0667. The molecule has 3 nitrogen and oxygen atoms in total. The highest BCUT2D eigenvalue weighted by atomic mass is 32.1. The third kappa shape index (κ3) is 2.90. The number of hydrogen-bond donors (Lipinski definition) is 0. The average molecular weight is 336 g/mol. The summed E-state index contributed by atoms with van der Waals surface area (Å²) < 4.78 is 28.9. The van der Waals surface area contributed by atoms with Crippen LogP contribution in [0.1, 0.15) is 4.88 Å². The van der Waals surface area contributed by atoms with E-state index in [0.717, 1.165) is 22.3 Å². The van der Waals surface area contributed by atoms with Gasteiger partial charge in [0.15, 0.2) is 10.6 Å². The molecule has 0 atom stereocenters. The third-order valence-electron chi connectivity index (χ3n) is 2.96. The first-order chi connectivity index (χ1) is 10.5. The SMILES string of the molecule is Cn1c(=NC(=O)C=Cc2cccs2)sc2cc(F)cc(F)c21. The van der Waals surface area contributed by atoms with Crippen molar-refractivity contribution in [2.45, 2.75) is 0 Å². The summed E-state index contributed by atoms with van der Waals surface area (Å²) in [6.07, 6.45) is 3.03. The van der Waals surface area contributed by atoms with Gasteiger partial charge in [-0.15, -0.1) is 11.3 Å². The number of aromatic nitrogens is 1. The molecular weight excluding hydrogens is 326 g/mol. The zero-order valence-corrected chi connectivity index (χ0v) is 13.0. The first-order valence-corrected chi connectivity index (χ1v) is 7.99. The predicted molar refractivity (Wildman–Crippen MR) is 84.6 cm³/mol. The Hall–Kier alpha value is -2.12. The minimum atomic E-state index is -0.670. The number of nitrogens with zero attached hydrogens (tertiary/aromatic N) is 2. The molecule has 0 saturated heterocycles. The standard InChI is InChI=1S/C15H10F2N2OS2/c1-19-14-11(17)7-9(16)8-12(14)22-15(19)18-13(20)5-4-10-3-2-6-21-10/h2-8H,1H3. The van der Waals surface area contributed by atoms with E-state index in [4.69, 9.17) is 0 Å². The molecule has 7 heteroatoms. The molecule has 0 spiro atoms. The summed E-state index contributed by atoms with van der Waals surface area (Å²) in [5.74, 6) is -1.77. The molecule has 0 saturated carbocycles. The summed E-state index contributed by atoms with van der Waals surface area (Å²) in [5, 5.41) is 1.91. The number of benzene rings is 1. The van der Waals surface area contributed by atoms with Gasteiger partial charge in [-0.05, 0) is 23.6 Å². The molecule has 0 N–H and O–H groups in total. The summed E-state index contributed by atoms with van der Waals surface area (Å²) in [4.78, 5) is 17.1. The van der Waals surface area contributed by atoms with E-state index in [1.165, 1.54) is 28.0 Å². The van der Waals surface area contributed by atoms with Gasteiger partial charge in [0.1, 0.15) is 5.82 Å². The van der Waals surface area contributed by atoms with Gasteiger partial charge in [-0.1, -0.05) is 17.4 Å². The van der Waals surface area contributed by atoms with Crippen LogP contribution in [-0.2, 0) is 11.8 Å². The van der Waals surface area contributed by atoms with Crippen LogP contribution in [0, 0.1) is 11.6 Å². The molecule has 3 aromatic rings. The van der Waals surface area contributed by atoms with E-state index >= 15 is 0 Å². The number of amides is 1. The zero-order valence-electron chi connectivity index (χ0n) is 11.4. The Kier molecular flexibility index (Phi) is 4.00. The van der Waals surface area contributed by atoms with Gasteiger partial charge in [0.05, 0.1) is 10.2 Å². The van der Waals surface area contributed by atoms with E-state index in [1.54, 1.807) is 13.1 Å². The van der Waals surface area contributed by atoms with Crippen LogP contribution in [0.3, 0.4) is 0 Å². The lowest BCUT2D eigenvalue weighted by Crippen LogP contribution is -2.12. The molecule has 1 aromatic carbocycles. The van der Waals surface area contributed by atoms with E-state index in [-0.39, 0.29) is 5.52 Å². The monoisotopic (exact) mass is 336 g/mol. The van der Waals surface area contributed by atoms with Gasteiger partial charge in [-0.3, -0.25) is 4.79 Å². The largest absolute Gasteiger partial charge is 0.317 e. The summed E-state index contributed by atoms with van der Waals surface area (Å²) >= 11 is 2.58. The molecular formula is C15H10F2N2OS2. The molecule has 22 heavy (non-hydrogen) atoms. The zero-order chi connectivity index (χ0) is 15.7. The van der Waals surface area contributed by atoms with Crippen molar-refractivity contribution in [1.82, 2.24) is 4.57 Å². The highest BCUT2D eigenvalue weighted by Gasteiger charge is 2.10. The molecule has 0 unspecified atom stereocenters. The molecule has 112 valence electrons. The highest BCUT2D eigenvalue weighted by Crippen LogP contribution is 2.21. The molecule has 2 heterocycles. The van der Waals surface area contributed by atoms with Crippen LogP contribution in [-0.4, -0.2) is 10.5 Å². The van der Waals surface area contributed by atoms with E-state index in [2.05, 4.69) is 4.99 Å². The minimum Gasteiger partial charge on any atom is -0.317 e. The van der Waals surface area contributed by atoms with Crippen LogP contribution in [0.25, 0.3) is 16.3 Å². The van der Waals surface area contributed by atoms with Crippen LogP contribution < -0.4 is 4.80 Å².